The van der Waals surface area contributed by atoms with Gasteiger partial charge in [0, 0.05) is 18.2 Å². The van der Waals surface area contributed by atoms with E-state index < -0.39 is 11.5 Å². The molecule has 0 aliphatic heterocycles. The summed E-state index contributed by atoms with van der Waals surface area (Å²) < 4.78 is 2.60. The molecule has 1 aliphatic rings. The van der Waals surface area contributed by atoms with Gasteiger partial charge in [0.1, 0.15) is 11.9 Å². The summed E-state index contributed by atoms with van der Waals surface area (Å²) in [5, 5.41) is 17.6. The van der Waals surface area contributed by atoms with Crippen molar-refractivity contribution in [1.82, 2.24) is 19.5 Å². The van der Waals surface area contributed by atoms with Gasteiger partial charge in [-0.05, 0) is 37.3 Å². The Kier molecular flexibility index (Phi) is 4.92. The number of nitrogens with one attached hydrogen (secondary N) is 1. The lowest BCUT2D eigenvalue weighted by Crippen LogP contribution is -2.42. The molecule has 0 aromatic carbocycles. The van der Waals surface area contributed by atoms with Gasteiger partial charge in [0.15, 0.2) is 5.56 Å². The Hall–Kier alpha value is -2.90. The standard InChI is InChI=1S/C18H22N4O4/c1-11(2)10-21-16-12(5-4-8-23)9-19-22(16)18(26)14(17(21)25)15(24)20-13-6-3-7-13/h4-5,8-9,11,13,25H,3,6-7,10H2,1-2H3,(H,20,24)/b5-4+. The van der Waals surface area contributed by atoms with Gasteiger partial charge in [0.2, 0.25) is 5.88 Å². The topological polar surface area (TPSA) is 106 Å². The summed E-state index contributed by atoms with van der Waals surface area (Å²) in [7, 11) is 0. The van der Waals surface area contributed by atoms with Crippen LogP contribution in [0.3, 0.4) is 0 Å². The quantitative estimate of drug-likeness (QED) is 0.599. The number of carbonyl (C=O) groups is 2. The highest BCUT2D eigenvalue weighted by atomic mass is 16.3. The summed E-state index contributed by atoms with van der Waals surface area (Å²) >= 11 is 0. The Labute approximate surface area is 150 Å². The highest BCUT2D eigenvalue weighted by molar-refractivity contribution is 5.96. The molecule has 2 N–H and O–H groups in total. The van der Waals surface area contributed by atoms with Crippen LogP contribution in [0.15, 0.2) is 17.1 Å². The van der Waals surface area contributed by atoms with Crippen molar-refractivity contribution in [2.45, 2.75) is 45.7 Å². The van der Waals surface area contributed by atoms with Crippen LogP contribution in [-0.4, -0.2) is 37.5 Å². The molecule has 8 nitrogen and oxygen atoms in total. The molecule has 1 amide bonds. The van der Waals surface area contributed by atoms with E-state index >= 15 is 0 Å². The third-order valence-electron chi connectivity index (χ3n) is 4.48. The number of hydrogen-bond donors (Lipinski definition) is 2. The second-order valence-electron chi connectivity index (χ2n) is 6.94. The molecule has 0 atom stereocenters. The number of fused-ring (bicyclic) bond motifs is 1. The van der Waals surface area contributed by atoms with Crippen molar-refractivity contribution in [1.29, 1.82) is 0 Å². The average molecular weight is 358 g/mol. The molecule has 0 unspecified atom stereocenters. The molecule has 138 valence electrons. The Morgan fingerprint density at radius 2 is 2.19 bits per heavy atom. The molecule has 1 saturated carbocycles. The number of allylic oxidation sites excluding steroid dienone is 1. The Balaban J connectivity index is 2.20. The van der Waals surface area contributed by atoms with Crippen LogP contribution in [0.2, 0.25) is 0 Å². The lowest BCUT2D eigenvalue weighted by molar-refractivity contribution is -0.104. The van der Waals surface area contributed by atoms with Crippen LogP contribution in [0, 0.1) is 5.92 Å². The number of nitrogens with zero attached hydrogens (tertiary/aromatic N) is 3. The first-order valence-corrected chi connectivity index (χ1v) is 8.70. The van der Waals surface area contributed by atoms with Crippen molar-refractivity contribution in [2.24, 2.45) is 5.92 Å². The van der Waals surface area contributed by atoms with E-state index in [4.69, 9.17) is 0 Å². The Bertz CT molecular complexity index is 935. The van der Waals surface area contributed by atoms with Gasteiger partial charge in [-0.1, -0.05) is 13.8 Å². The molecule has 26 heavy (non-hydrogen) atoms. The molecule has 0 spiro atoms. The fourth-order valence-electron chi connectivity index (χ4n) is 3.02. The summed E-state index contributed by atoms with van der Waals surface area (Å²) in [6, 6.07) is 0.0410. The van der Waals surface area contributed by atoms with Crippen LogP contribution in [0.25, 0.3) is 11.7 Å². The predicted molar refractivity (Wildman–Crippen MR) is 96.2 cm³/mol. The summed E-state index contributed by atoms with van der Waals surface area (Å²) in [6.45, 7) is 4.30. The molecule has 3 rings (SSSR count). The van der Waals surface area contributed by atoms with Crippen LogP contribution in [0.1, 0.15) is 49.0 Å². The van der Waals surface area contributed by atoms with Gasteiger partial charge in [-0.25, -0.2) is 0 Å². The minimum Gasteiger partial charge on any atom is -0.494 e. The van der Waals surface area contributed by atoms with Crippen LogP contribution in [0.5, 0.6) is 5.88 Å². The normalized spacial score (nSPS) is 14.9. The van der Waals surface area contributed by atoms with Gasteiger partial charge in [-0.15, -0.1) is 0 Å². The summed E-state index contributed by atoms with van der Waals surface area (Å²) in [5.74, 6) is -0.820. The first kappa shape index (κ1) is 17.9. The van der Waals surface area contributed by atoms with Crippen molar-refractivity contribution < 1.29 is 14.7 Å². The van der Waals surface area contributed by atoms with E-state index in [-0.39, 0.29) is 23.4 Å². The number of amides is 1. The molecular weight excluding hydrogens is 336 g/mol. The molecule has 0 saturated heterocycles. The van der Waals surface area contributed by atoms with E-state index in [2.05, 4.69) is 10.4 Å². The Morgan fingerprint density at radius 3 is 2.77 bits per heavy atom. The zero-order chi connectivity index (χ0) is 18.8. The number of aromatic nitrogens is 3. The van der Waals surface area contributed by atoms with Gasteiger partial charge in [-0.3, -0.25) is 19.0 Å². The van der Waals surface area contributed by atoms with Crippen molar-refractivity contribution in [3.8, 4) is 5.88 Å². The van der Waals surface area contributed by atoms with Crippen molar-refractivity contribution in [3.63, 3.8) is 0 Å². The van der Waals surface area contributed by atoms with Crippen LogP contribution >= 0.6 is 0 Å². The lowest BCUT2D eigenvalue weighted by atomic mass is 9.93. The average Bonchev–Trinajstić information content (AvgIpc) is 2.97. The summed E-state index contributed by atoms with van der Waals surface area (Å²) in [5.41, 5.74) is -0.130. The molecular formula is C18H22N4O4. The third kappa shape index (κ3) is 3.14. The highest BCUT2D eigenvalue weighted by Gasteiger charge is 2.28. The van der Waals surface area contributed by atoms with Gasteiger partial charge < -0.3 is 10.4 Å². The van der Waals surface area contributed by atoms with Crippen molar-refractivity contribution >= 4 is 23.9 Å². The van der Waals surface area contributed by atoms with Crippen LogP contribution in [0.4, 0.5) is 0 Å². The zero-order valence-corrected chi connectivity index (χ0v) is 14.8. The first-order valence-electron chi connectivity index (χ1n) is 8.70. The maximum atomic E-state index is 12.8. The maximum absolute atomic E-state index is 12.8. The van der Waals surface area contributed by atoms with E-state index in [1.165, 1.54) is 22.9 Å². The minimum absolute atomic E-state index is 0.0410. The number of aldehydes is 1. The number of carbonyl (C=O) groups excluding carboxylic acids is 2. The summed E-state index contributed by atoms with van der Waals surface area (Å²) in [4.78, 5) is 36.0. The van der Waals surface area contributed by atoms with Gasteiger partial charge in [-0.2, -0.15) is 9.61 Å². The molecule has 2 aromatic heterocycles. The highest BCUT2D eigenvalue weighted by Crippen LogP contribution is 2.24. The zero-order valence-electron chi connectivity index (χ0n) is 14.8. The molecule has 1 fully saturated rings. The molecule has 1 aliphatic carbocycles. The molecule has 2 aromatic rings. The van der Waals surface area contributed by atoms with Crippen molar-refractivity contribution in [2.75, 3.05) is 0 Å². The second kappa shape index (κ2) is 7.15. The SMILES string of the molecule is CC(C)Cn1c(O)c(C(=O)NC2CCC2)c(=O)n2ncc(/C=C/C=O)c12. The fraction of sp³-hybridized carbons (Fsp3) is 0.444. The van der Waals surface area contributed by atoms with E-state index in [1.54, 1.807) is 0 Å². The number of aromatic hydroxyl groups is 1. The molecule has 2 heterocycles. The predicted octanol–water partition coefficient (Wildman–Crippen LogP) is 1.35. The van der Waals surface area contributed by atoms with Crippen LogP contribution in [-0.2, 0) is 11.3 Å². The smallest absolute Gasteiger partial charge is 0.291 e. The number of hydrogen-bond acceptors (Lipinski definition) is 5. The molecule has 0 radical (unpaired) electrons. The van der Waals surface area contributed by atoms with E-state index in [1.807, 2.05) is 13.8 Å². The fourth-order valence-corrected chi connectivity index (χ4v) is 3.02. The summed E-state index contributed by atoms with van der Waals surface area (Å²) in [6.07, 6.45) is 7.64. The Morgan fingerprint density at radius 1 is 1.46 bits per heavy atom. The second-order valence-corrected chi connectivity index (χ2v) is 6.94. The maximum Gasteiger partial charge on any atom is 0.291 e. The minimum atomic E-state index is -0.680. The lowest BCUT2D eigenvalue weighted by Gasteiger charge is -2.26. The van der Waals surface area contributed by atoms with E-state index in [0.717, 1.165) is 23.8 Å². The molecule has 8 heteroatoms. The van der Waals surface area contributed by atoms with Gasteiger partial charge >= 0.3 is 0 Å². The van der Waals surface area contributed by atoms with E-state index in [0.29, 0.717) is 24.0 Å². The van der Waals surface area contributed by atoms with E-state index in [9.17, 15) is 19.5 Å². The van der Waals surface area contributed by atoms with Gasteiger partial charge in [0.05, 0.1) is 6.20 Å². The molecule has 0 bridgehead atoms. The first-order chi connectivity index (χ1) is 12.4. The van der Waals surface area contributed by atoms with Gasteiger partial charge in [0.25, 0.3) is 11.5 Å². The van der Waals surface area contributed by atoms with Crippen molar-refractivity contribution in [3.05, 3.63) is 33.8 Å². The van der Waals surface area contributed by atoms with Crippen LogP contribution < -0.4 is 10.9 Å². The largest absolute Gasteiger partial charge is 0.494 e. The number of rotatable bonds is 6. The third-order valence-corrected chi connectivity index (χ3v) is 4.48. The monoisotopic (exact) mass is 358 g/mol.